The molecule has 0 spiro atoms. The fourth-order valence-electron chi connectivity index (χ4n) is 3.29. The molecule has 0 aromatic heterocycles. The fourth-order valence-corrected chi connectivity index (χ4v) is 4.85. The standard InChI is InChI=1S/C21H25N3O5S/c1-28-19-11-7-9-17(20(19)29-2)15-22-23-21(25)16-8-6-10-18(14-16)30(26,27)24-12-4-3-5-13-24/h6-11,14-15H,3-5,12-13H2,1-2H3,(H,23,25). The first kappa shape index (κ1) is 21.8. The van der Waals surface area contributed by atoms with Gasteiger partial charge in [-0.2, -0.15) is 9.41 Å². The highest BCUT2D eigenvalue weighted by Gasteiger charge is 2.26. The maximum atomic E-state index is 12.8. The number of nitrogens with zero attached hydrogens (tertiary/aromatic N) is 2. The third kappa shape index (κ3) is 4.80. The molecule has 1 aliphatic rings. The van der Waals surface area contributed by atoms with Crippen molar-refractivity contribution in [2.24, 2.45) is 5.10 Å². The molecule has 1 aliphatic heterocycles. The van der Waals surface area contributed by atoms with Crippen LogP contribution in [0, 0.1) is 0 Å². The van der Waals surface area contributed by atoms with Gasteiger partial charge in [0.15, 0.2) is 11.5 Å². The van der Waals surface area contributed by atoms with Gasteiger partial charge in [0.25, 0.3) is 5.91 Å². The number of hydrazone groups is 1. The first-order valence-electron chi connectivity index (χ1n) is 9.62. The Morgan fingerprint density at radius 2 is 1.80 bits per heavy atom. The molecule has 1 amide bonds. The Bertz CT molecular complexity index is 1030. The Morgan fingerprint density at radius 1 is 1.07 bits per heavy atom. The van der Waals surface area contributed by atoms with Gasteiger partial charge in [0.05, 0.1) is 25.3 Å². The van der Waals surface area contributed by atoms with Crippen molar-refractivity contribution in [1.82, 2.24) is 9.73 Å². The van der Waals surface area contributed by atoms with E-state index in [-0.39, 0.29) is 10.5 Å². The minimum atomic E-state index is -3.61. The molecular weight excluding hydrogens is 406 g/mol. The van der Waals surface area contributed by atoms with Crippen LogP contribution in [0.3, 0.4) is 0 Å². The average molecular weight is 432 g/mol. The van der Waals surface area contributed by atoms with E-state index in [0.29, 0.717) is 30.2 Å². The highest BCUT2D eigenvalue weighted by atomic mass is 32.2. The summed E-state index contributed by atoms with van der Waals surface area (Å²) in [5, 5.41) is 3.96. The SMILES string of the molecule is COc1cccc(C=NNC(=O)c2cccc(S(=O)(=O)N3CCCCC3)c2)c1OC. The van der Waals surface area contributed by atoms with Crippen LogP contribution in [0.2, 0.25) is 0 Å². The summed E-state index contributed by atoms with van der Waals surface area (Å²) in [5.41, 5.74) is 3.25. The second-order valence-corrected chi connectivity index (χ2v) is 8.71. The van der Waals surface area contributed by atoms with Gasteiger partial charge in [-0.1, -0.05) is 18.6 Å². The summed E-state index contributed by atoms with van der Waals surface area (Å²) in [5.74, 6) is 0.528. The van der Waals surface area contributed by atoms with Gasteiger partial charge in [-0.15, -0.1) is 0 Å². The zero-order chi connectivity index (χ0) is 21.6. The lowest BCUT2D eigenvalue weighted by Gasteiger charge is -2.25. The highest BCUT2D eigenvalue weighted by molar-refractivity contribution is 7.89. The third-order valence-corrected chi connectivity index (χ3v) is 6.75. The monoisotopic (exact) mass is 431 g/mol. The second-order valence-electron chi connectivity index (χ2n) is 6.77. The zero-order valence-electron chi connectivity index (χ0n) is 17.0. The largest absolute Gasteiger partial charge is 0.493 e. The molecule has 0 unspecified atom stereocenters. The molecule has 1 heterocycles. The maximum absolute atomic E-state index is 12.8. The van der Waals surface area contributed by atoms with Crippen molar-refractivity contribution in [1.29, 1.82) is 0 Å². The first-order valence-corrected chi connectivity index (χ1v) is 11.1. The van der Waals surface area contributed by atoms with E-state index < -0.39 is 15.9 Å². The van der Waals surface area contributed by atoms with E-state index in [9.17, 15) is 13.2 Å². The van der Waals surface area contributed by atoms with Crippen molar-refractivity contribution in [3.05, 3.63) is 53.6 Å². The van der Waals surface area contributed by atoms with Crippen molar-refractivity contribution in [2.75, 3.05) is 27.3 Å². The second kappa shape index (κ2) is 9.73. The molecule has 0 radical (unpaired) electrons. The van der Waals surface area contributed by atoms with Gasteiger partial charge in [-0.25, -0.2) is 13.8 Å². The molecule has 0 aliphatic carbocycles. The molecule has 3 rings (SSSR count). The molecule has 0 atom stereocenters. The third-order valence-electron chi connectivity index (χ3n) is 4.85. The molecule has 9 heteroatoms. The zero-order valence-corrected chi connectivity index (χ0v) is 17.8. The topological polar surface area (TPSA) is 97.3 Å². The van der Waals surface area contributed by atoms with E-state index in [0.717, 1.165) is 19.3 Å². The van der Waals surface area contributed by atoms with E-state index in [1.165, 1.54) is 36.9 Å². The minimum Gasteiger partial charge on any atom is -0.493 e. The van der Waals surface area contributed by atoms with E-state index in [1.807, 2.05) is 0 Å². The summed E-state index contributed by atoms with van der Waals surface area (Å²) in [4.78, 5) is 12.6. The molecule has 1 saturated heterocycles. The number of hydrogen-bond donors (Lipinski definition) is 1. The number of carbonyl (C=O) groups excluding carboxylic acids is 1. The van der Waals surface area contributed by atoms with E-state index >= 15 is 0 Å². The van der Waals surface area contributed by atoms with Crippen LogP contribution < -0.4 is 14.9 Å². The summed E-state index contributed by atoms with van der Waals surface area (Å²) < 4.78 is 37.7. The van der Waals surface area contributed by atoms with Crippen LogP contribution in [-0.2, 0) is 10.0 Å². The van der Waals surface area contributed by atoms with E-state index in [4.69, 9.17) is 9.47 Å². The predicted octanol–water partition coefficient (Wildman–Crippen LogP) is 2.64. The number of ether oxygens (including phenoxy) is 2. The molecule has 0 saturated carbocycles. The van der Waals surface area contributed by atoms with Gasteiger partial charge >= 0.3 is 0 Å². The summed E-state index contributed by atoms with van der Waals surface area (Å²) in [6.45, 7) is 1.01. The highest BCUT2D eigenvalue weighted by Crippen LogP contribution is 2.29. The molecule has 2 aromatic carbocycles. The molecule has 0 bridgehead atoms. The normalized spacial score (nSPS) is 15.1. The number of hydrogen-bond acceptors (Lipinski definition) is 6. The van der Waals surface area contributed by atoms with Gasteiger partial charge in [-0.05, 0) is 43.2 Å². The lowest BCUT2D eigenvalue weighted by molar-refractivity contribution is 0.0955. The van der Waals surface area contributed by atoms with Gasteiger partial charge in [0, 0.05) is 24.2 Å². The van der Waals surface area contributed by atoms with Crippen molar-refractivity contribution < 1.29 is 22.7 Å². The molecular formula is C21H25N3O5S. The Balaban J connectivity index is 1.74. The van der Waals surface area contributed by atoms with Gasteiger partial charge < -0.3 is 9.47 Å². The minimum absolute atomic E-state index is 0.107. The van der Waals surface area contributed by atoms with Gasteiger partial charge in [-0.3, -0.25) is 4.79 Å². The summed E-state index contributed by atoms with van der Waals surface area (Å²) in [6, 6.07) is 11.3. The van der Waals surface area contributed by atoms with Crippen LogP contribution in [0.25, 0.3) is 0 Å². The smallest absolute Gasteiger partial charge is 0.271 e. The van der Waals surface area contributed by atoms with Crippen molar-refractivity contribution in [3.8, 4) is 11.5 Å². The van der Waals surface area contributed by atoms with Crippen LogP contribution in [-0.4, -0.2) is 52.2 Å². The van der Waals surface area contributed by atoms with E-state index in [1.54, 1.807) is 30.3 Å². The van der Waals surface area contributed by atoms with Crippen LogP contribution >= 0.6 is 0 Å². The van der Waals surface area contributed by atoms with Crippen molar-refractivity contribution in [3.63, 3.8) is 0 Å². The molecule has 160 valence electrons. The fraction of sp³-hybridized carbons (Fsp3) is 0.333. The van der Waals surface area contributed by atoms with Crippen LogP contribution in [0.5, 0.6) is 11.5 Å². The van der Waals surface area contributed by atoms with Gasteiger partial charge in [0.1, 0.15) is 0 Å². The predicted molar refractivity (Wildman–Crippen MR) is 114 cm³/mol. The summed E-state index contributed by atoms with van der Waals surface area (Å²) >= 11 is 0. The van der Waals surface area contributed by atoms with Crippen molar-refractivity contribution in [2.45, 2.75) is 24.2 Å². The van der Waals surface area contributed by atoms with Gasteiger partial charge in [0.2, 0.25) is 10.0 Å². The lowest BCUT2D eigenvalue weighted by Crippen LogP contribution is -2.35. The molecule has 30 heavy (non-hydrogen) atoms. The number of methoxy groups -OCH3 is 2. The average Bonchev–Trinajstić information content (AvgIpc) is 2.79. The number of piperidine rings is 1. The lowest BCUT2D eigenvalue weighted by atomic mass is 10.2. The Hall–Kier alpha value is -2.91. The number of benzene rings is 2. The number of para-hydroxylation sites is 1. The molecule has 8 nitrogen and oxygen atoms in total. The maximum Gasteiger partial charge on any atom is 0.271 e. The van der Waals surface area contributed by atoms with Crippen LogP contribution in [0.1, 0.15) is 35.2 Å². The Kier molecular flexibility index (Phi) is 7.07. The summed E-state index contributed by atoms with van der Waals surface area (Å²) in [6.07, 6.45) is 4.17. The Labute approximate surface area is 176 Å². The number of rotatable bonds is 7. The molecule has 1 fully saturated rings. The number of sulfonamides is 1. The Morgan fingerprint density at radius 3 is 2.50 bits per heavy atom. The number of nitrogens with one attached hydrogen (secondary N) is 1. The molecule has 2 aromatic rings. The summed E-state index contributed by atoms with van der Waals surface area (Å²) in [7, 11) is -0.565. The van der Waals surface area contributed by atoms with E-state index in [2.05, 4.69) is 10.5 Å². The molecule has 1 N–H and O–H groups in total. The van der Waals surface area contributed by atoms with Crippen molar-refractivity contribution >= 4 is 22.1 Å². The number of amides is 1. The van der Waals surface area contributed by atoms with Crippen LogP contribution in [0.15, 0.2) is 52.5 Å². The quantitative estimate of drug-likeness (QED) is 0.537. The first-order chi connectivity index (χ1) is 14.5. The number of carbonyl (C=O) groups is 1. The van der Waals surface area contributed by atoms with Crippen LogP contribution in [0.4, 0.5) is 0 Å².